The predicted molar refractivity (Wildman–Crippen MR) is 66.4 cm³/mol. The van der Waals surface area contributed by atoms with Gasteiger partial charge >= 0.3 is 0 Å². The minimum Gasteiger partial charge on any atom is -0.330 e. The number of ether oxygens (including phenoxy) is 2. The lowest BCUT2D eigenvalue weighted by Gasteiger charge is -2.42. The van der Waals surface area contributed by atoms with E-state index in [0.29, 0.717) is 18.7 Å². The Morgan fingerprint density at radius 1 is 1.33 bits per heavy atom. The van der Waals surface area contributed by atoms with E-state index in [-0.39, 0.29) is 11.5 Å². The third kappa shape index (κ3) is 1.97. The van der Waals surface area contributed by atoms with Crippen molar-refractivity contribution in [2.45, 2.75) is 57.2 Å². The summed E-state index contributed by atoms with van der Waals surface area (Å²) in [6.07, 6.45) is 6.19. The number of piperidine rings is 1. The fourth-order valence-corrected chi connectivity index (χ4v) is 3.16. The van der Waals surface area contributed by atoms with E-state index in [1.54, 1.807) is 0 Å². The van der Waals surface area contributed by atoms with Gasteiger partial charge in [0.15, 0.2) is 0 Å². The fourth-order valence-electron chi connectivity index (χ4n) is 3.16. The highest BCUT2D eigenvalue weighted by molar-refractivity contribution is 5.19. The van der Waals surface area contributed by atoms with Gasteiger partial charge in [-0.05, 0) is 33.6 Å². The van der Waals surface area contributed by atoms with Crippen LogP contribution in [0.2, 0.25) is 0 Å². The van der Waals surface area contributed by atoms with Crippen molar-refractivity contribution in [2.24, 2.45) is 5.92 Å². The van der Waals surface area contributed by atoms with Gasteiger partial charge in [-0.2, -0.15) is 5.26 Å². The summed E-state index contributed by atoms with van der Waals surface area (Å²) in [4.78, 5) is 2.31. The minimum atomic E-state index is -0.544. The molecule has 3 unspecified atom stereocenters. The molecule has 3 heterocycles. The topological polar surface area (TPSA) is 48.8 Å². The molecule has 3 aliphatic heterocycles. The number of nitrogens with zero attached hydrogens (tertiary/aromatic N) is 2. The molecule has 0 saturated carbocycles. The lowest BCUT2D eigenvalue weighted by atomic mass is 9.91. The largest absolute Gasteiger partial charge is 0.330 e. The first-order chi connectivity index (χ1) is 8.43. The van der Waals surface area contributed by atoms with Crippen LogP contribution in [0.3, 0.4) is 0 Å². The monoisotopic (exact) mass is 248 g/mol. The molecule has 18 heavy (non-hydrogen) atoms. The smallest absolute Gasteiger partial charge is 0.256 e. The summed E-state index contributed by atoms with van der Waals surface area (Å²) in [6, 6.07) is 2.98. The Morgan fingerprint density at radius 2 is 1.89 bits per heavy atom. The summed E-state index contributed by atoms with van der Waals surface area (Å²) < 4.78 is 11.7. The van der Waals surface area contributed by atoms with Crippen molar-refractivity contribution in [1.29, 1.82) is 5.26 Å². The summed E-state index contributed by atoms with van der Waals surface area (Å²) in [5.74, 6) is -0.381. The molecule has 3 rings (SSSR count). The predicted octanol–water partition coefficient (Wildman–Crippen LogP) is 2.03. The van der Waals surface area contributed by atoms with Crippen molar-refractivity contribution in [3.63, 3.8) is 0 Å². The second kappa shape index (κ2) is 3.80. The molecule has 4 heteroatoms. The van der Waals surface area contributed by atoms with Crippen LogP contribution in [0.25, 0.3) is 0 Å². The molecule has 2 saturated heterocycles. The molecular weight excluding hydrogens is 228 g/mol. The van der Waals surface area contributed by atoms with Crippen LogP contribution in [0.15, 0.2) is 12.2 Å². The molecule has 0 amide bonds. The summed E-state index contributed by atoms with van der Waals surface area (Å²) in [7, 11) is 0. The maximum Gasteiger partial charge on any atom is 0.256 e. The fraction of sp³-hybridized carbons (Fsp3) is 0.786. The minimum absolute atomic E-state index is 0.164. The second-order valence-corrected chi connectivity index (χ2v) is 6.44. The third-order valence-corrected chi connectivity index (χ3v) is 3.75. The quantitative estimate of drug-likeness (QED) is 0.554. The normalized spacial score (nSPS) is 42.9. The molecule has 0 spiro atoms. The van der Waals surface area contributed by atoms with Crippen molar-refractivity contribution in [2.75, 3.05) is 6.61 Å². The van der Waals surface area contributed by atoms with E-state index in [1.807, 2.05) is 20.8 Å². The van der Waals surface area contributed by atoms with Gasteiger partial charge < -0.3 is 9.47 Å². The van der Waals surface area contributed by atoms with Gasteiger partial charge in [0.2, 0.25) is 0 Å². The van der Waals surface area contributed by atoms with Crippen LogP contribution in [0.5, 0.6) is 0 Å². The highest BCUT2D eigenvalue weighted by atomic mass is 16.8. The molecule has 0 N–H and O–H groups in total. The number of epoxide rings is 1. The Balaban J connectivity index is 1.78. The first kappa shape index (κ1) is 12.2. The van der Waals surface area contributed by atoms with Gasteiger partial charge in [-0.3, -0.25) is 0 Å². The van der Waals surface area contributed by atoms with Crippen molar-refractivity contribution in [1.82, 2.24) is 4.90 Å². The van der Waals surface area contributed by atoms with Gasteiger partial charge in [0.05, 0.1) is 11.7 Å². The van der Waals surface area contributed by atoms with Gasteiger partial charge in [0.1, 0.15) is 6.61 Å². The van der Waals surface area contributed by atoms with Gasteiger partial charge in [0, 0.05) is 18.0 Å². The van der Waals surface area contributed by atoms with Crippen molar-refractivity contribution < 1.29 is 9.47 Å². The number of nitriles is 1. The van der Waals surface area contributed by atoms with Crippen molar-refractivity contribution in [3.05, 3.63) is 12.2 Å². The summed E-state index contributed by atoms with van der Waals surface area (Å²) in [6.45, 7) is 6.78. The van der Waals surface area contributed by atoms with Crippen LogP contribution in [-0.2, 0) is 9.47 Å². The first-order valence-corrected chi connectivity index (χ1v) is 6.64. The molecular formula is C14H20N2O2. The SMILES string of the molecule is CC(C)(C)OC1(N2C3C=C[C@@H]2CC(C#N)C3)CO1. The molecule has 4 nitrogen and oxygen atoms in total. The Hall–Kier alpha value is -0.890. The van der Waals surface area contributed by atoms with Crippen molar-refractivity contribution in [3.8, 4) is 6.07 Å². The molecule has 3 aliphatic rings. The third-order valence-electron chi connectivity index (χ3n) is 3.75. The standard InChI is InChI=1S/C14H20N2O2/c1-13(2,3)18-14(9-17-14)16-11-4-5-12(16)7-10(6-11)8-15/h4-5,10-12H,6-7,9H2,1-3H3/t10?,11-,12?,14?/m1/s1. The van der Waals surface area contributed by atoms with Crippen LogP contribution in [0.4, 0.5) is 0 Å². The van der Waals surface area contributed by atoms with E-state index < -0.39 is 5.91 Å². The van der Waals surface area contributed by atoms with Gasteiger partial charge in [-0.1, -0.05) is 12.2 Å². The molecule has 4 atom stereocenters. The van der Waals surface area contributed by atoms with E-state index in [2.05, 4.69) is 23.1 Å². The molecule has 2 bridgehead atoms. The van der Waals surface area contributed by atoms with Crippen LogP contribution in [0.1, 0.15) is 33.6 Å². The Kier molecular flexibility index (Phi) is 2.57. The highest BCUT2D eigenvalue weighted by Gasteiger charge is 2.60. The zero-order valence-electron chi connectivity index (χ0n) is 11.2. The van der Waals surface area contributed by atoms with E-state index in [9.17, 15) is 0 Å². The van der Waals surface area contributed by atoms with Crippen LogP contribution in [-0.4, -0.2) is 35.1 Å². The summed E-state index contributed by atoms with van der Waals surface area (Å²) in [5.41, 5.74) is -0.220. The molecule has 0 aliphatic carbocycles. The molecule has 0 radical (unpaired) electrons. The highest BCUT2D eigenvalue weighted by Crippen LogP contribution is 2.46. The van der Waals surface area contributed by atoms with E-state index in [1.165, 1.54) is 0 Å². The first-order valence-electron chi connectivity index (χ1n) is 6.64. The average Bonchev–Trinajstić information content (AvgIpc) is 2.97. The molecule has 2 fully saturated rings. The van der Waals surface area contributed by atoms with Gasteiger partial charge in [-0.15, -0.1) is 0 Å². The molecule has 0 aromatic rings. The molecule has 98 valence electrons. The summed E-state index contributed by atoms with van der Waals surface area (Å²) in [5, 5.41) is 9.09. The lowest BCUT2D eigenvalue weighted by Crippen LogP contribution is -2.54. The van der Waals surface area contributed by atoms with E-state index in [0.717, 1.165) is 12.8 Å². The second-order valence-electron chi connectivity index (χ2n) is 6.44. The zero-order chi connectivity index (χ0) is 13.0. The Morgan fingerprint density at radius 3 is 2.28 bits per heavy atom. The van der Waals surface area contributed by atoms with Crippen LogP contribution >= 0.6 is 0 Å². The van der Waals surface area contributed by atoms with Gasteiger partial charge in [-0.25, -0.2) is 4.90 Å². The van der Waals surface area contributed by atoms with Crippen LogP contribution < -0.4 is 0 Å². The maximum absolute atomic E-state index is 9.09. The molecule has 0 aromatic carbocycles. The zero-order valence-corrected chi connectivity index (χ0v) is 11.2. The number of fused-ring (bicyclic) bond motifs is 2. The number of hydrogen-bond donors (Lipinski definition) is 0. The Bertz CT molecular complexity index is 398. The number of rotatable bonds is 2. The van der Waals surface area contributed by atoms with E-state index >= 15 is 0 Å². The lowest BCUT2D eigenvalue weighted by molar-refractivity contribution is -0.222. The average molecular weight is 248 g/mol. The van der Waals surface area contributed by atoms with Crippen molar-refractivity contribution >= 4 is 0 Å². The number of hydrogen-bond acceptors (Lipinski definition) is 4. The van der Waals surface area contributed by atoms with E-state index in [4.69, 9.17) is 14.7 Å². The Labute approximate surface area is 108 Å². The van der Waals surface area contributed by atoms with Gasteiger partial charge in [0.25, 0.3) is 5.91 Å². The molecule has 0 aromatic heterocycles. The summed E-state index contributed by atoms with van der Waals surface area (Å²) >= 11 is 0. The van der Waals surface area contributed by atoms with Crippen LogP contribution in [0, 0.1) is 17.2 Å². The maximum atomic E-state index is 9.09.